The molecule has 0 aliphatic carbocycles. The smallest absolute Gasteiger partial charge is 0.339 e. The second-order valence-electron chi connectivity index (χ2n) is 4.79. The van der Waals surface area contributed by atoms with Crippen molar-refractivity contribution in [1.29, 1.82) is 0 Å². The first kappa shape index (κ1) is 14.1. The van der Waals surface area contributed by atoms with Crippen molar-refractivity contribution in [2.45, 2.75) is 20.0 Å². The first-order valence-electron chi connectivity index (χ1n) is 6.70. The number of benzene rings is 2. The molecule has 0 N–H and O–H groups in total. The predicted molar refractivity (Wildman–Crippen MR) is 82.0 cm³/mol. The number of hydrogen-bond acceptors (Lipinski definition) is 2. The van der Waals surface area contributed by atoms with Crippen LogP contribution < -0.4 is 0 Å². The molecule has 0 aliphatic rings. The standard InChI is InChI=1S/C18H18O2/c1-14(2)20-18(19)17(16-11-7-4-8-12-16)13-15-9-5-3-6-10-15/h3-14H,1-2H3. The third kappa shape index (κ3) is 3.82. The first-order valence-corrected chi connectivity index (χ1v) is 6.70. The summed E-state index contributed by atoms with van der Waals surface area (Å²) in [6.07, 6.45) is 1.73. The molecule has 0 aromatic heterocycles. The van der Waals surface area contributed by atoms with Gasteiger partial charge in [-0.1, -0.05) is 60.7 Å². The van der Waals surface area contributed by atoms with Gasteiger partial charge in [0, 0.05) is 0 Å². The normalized spacial score (nSPS) is 11.4. The highest BCUT2D eigenvalue weighted by molar-refractivity contribution is 6.21. The molecule has 0 saturated heterocycles. The van der Waals surface area contributed by atoms with Gasteiger partial charge in [-0.15, -0.1) is 0 Å². The lowest BCUT2D eigenvalue weighted by molar-refractivity contribution is -0.140. The summed E-state index contributed by atoms with van der Waals surface area (Å²) in [6.45, 7) is 3.70. The molecule has 0 saturated carbocycles. The van der Waals surface area contributed by atoms with Crippen LogP contribution in [0.1, 0.15) is 25.0 Å². The molecule has 2 aromatic carbocycles. The molecule has 0 atom stereocenters. The molecule has 0 unspecified atom stereocenters. The molecule has 2 heteroatoms. The Kier molecular flexibility index (Phi) is 4.72. The first-order chi connectivity index (χ1) is 9.66. The minimum Gasteiger partial charge on any atom is -0.459 e. The third-order valence-electron chi connectivity index (χ3n) is 2.76. The fourth-order valence-electron chi connectivity index (χ4n) is 1.87. The second kappa shape index (κ2) is 6.71. The quantitative estimate of drug-likeness (QED) is 0.471. The van der Waals surface area contributed by atoms with Crippen LogP contribution in [-0.4, -0.2) is 12.1 Å². The van der Waals surface area contributed by atoms with Crippen LogP contribution in [0, 0.1) is 0 Å². The van der Waals surface area contributed by atoms with Crippen LogP contribution in [0.25, 0.3) is 11.6 Å². The monoisotopic (exact) mass is 266 g/mol. The highest BCUT2D eigenvalue weighted by atomic mass is 16.5. The van der Waals surface area contributed by atoms with Gasteiger partial charge in [0.1, 0.15) is 0 Å². The van der Waals surface area contributed by atoms with Crippen molar-refractivity contribution in [3.63, 3.8) is 0 Å². The summed E-state index contributed by atoms with van der Waals surface area (Å²) >= 11 is 0. The summed E-state index contributed by atoms with van der Waals surface area (Å²) < 4.78 is 5.33. The van der Waals surface area contributed by atoms with E-state index in [0.717, 1.165) is 11.1 Å². The van der Waals surface area contributed by atoms with Crippen LogP contribution in [0.4, 0.5) is 0 Å². The molecule has 20 heavy (non-hydrogen) atoms. The number of carbonyl (C=O) groups excluding carboxylic acids is 1. The largest absolute Gasteiger partial charge is 0.459 e. The van der Waals surface area contributed by atoms with E-state index in [1.54, 1.807) is 0 Å². The lowest BCUT2D eigenvalue weighted by atomic mass is 10.0. The van der Waals surface area contributed by atoms with E-state index in [1.807, 2.05) is 80.6 Å². The Hall–Kier alpha value is -2.35. The zero-order valence-electron chi connectivity index (χ0n) is 11.7. The van der Waals surface area contributed by atoms with E-state index in [9.17, 15) is 4.79 Å². The van der Waals surface area contributed by atoms with Gasteiger partial charge in [0.15, 0.2) is 0 Å². The van der Waals surface area contributed by atoms with Crippen molar-refractivity contribution in [2.75, 3.05) is 0 Å². The summed E-state index contributed by atoms with van der Waals surface area (Å²) in [4.78, 5) is 12.3. The highest BCUT2D eigenvalue weighted by Gasteiger charge is 2.14. The fraction of sp³-hybridized carbons (Fsp3) is 0.167. The molecule has 0 fully saturated rings. The highest BCUT2D eigenvalue weighted by Crippen LogP contribution is 2.20. The van der Waals surface area contributed by atoms with Gasteiger partial charge in [-0.05, 0) is 31.1 Å². The predicted octanol–water partition coefficient (Wildman–Crippen LogP) is 4.18. The van der Waals surface area contributed by atoms with Gasteiger partial charge >= 0.3 is 5.97 Å². The van der Waals surface area contributed by atoms with Gasteiger partial charge in [0.2, 0.25) is 0 Å². The molecule has 2 aromatic rings. The van der Waals surface area contributed by atoms with Gasteiger partial charge in [-0.2, -0.15) is 0 Å². The summed E-state index contributed by atoms with van der Waals surface area (Å²) in [6, 6.07) is 19.4. The molecule has 0 spiro atoms. The fourth-order valence-corrected chi connectivity index (χ4v) is 1.87. The minimum absolute atomic E-state index is 0.134. The van der Waals surface area contributed by atoms with Crippen molar-refractivity contribution in [3.8, 4) is 0 Å². The zero-order valence-corrected chi connectivity index (χ0v) is 11.7. The van der Waals surface area contributed by atoms with Crippen LogP contribution in [-0.2, 0) is 9.53 Å². The van der Waals surface area contributed by atoms with E-state index in [-0.39, 0.29) is 12.1 Å². The topological polar surface area (TPSA) is 26.3 Å². The van der Waals surface area contributed by atoms with Gasteiger partial charge in [-0.3, -0.25) is 0 Å². The SMILES string of the molecule is CC(C)OC(=O)C(=Cc1ccccc1)c1ccccc1. The molecule has 0 bridgehead atoms. The number of ether oxygens (including phenoxy) is 1. The van der Waals surface area contributed by atoms with Crippen molar-refractivity contribution < 1.29 is 9.53 Å². The van der Waals surface area contributed by atoms with Crippen molar-refractivity contribution in [3.05, 3.63) is 71.8 Å². The van der Waals surface area contributed by atoms with Crippen LogP contribution in [0.5, 0.6) is 0 Å². The molecule has 0 heterocycles. The lowest BCUT2D eigenvalue weighted by Gasteiger charge is -2.11. The van der Waals surface area contributed by atoms with Crippen molar-refractivity contribution >= 4 is 17.6 Å². The van der Waals surface area contributed by atoms with E-state index in [4.69, 9.17) is 4.74 Å². The Morgan fingerprint density at radius 2 is 1.50 bits per heavy atom. The molecule has 0 amide bonds. The minimum atomic E-state index is -0.296. The summed E-state index contributed by atoms with van der Waals surface area (Å²) in [7, 11) is 0. The molecular weight excluding hydrogens is 248 g/mol. The van der Waals surface area contributed by atoms with E-state index >= 15 is 0 Å². The maximum absolute atomic E-state index is 12.3. The Labute approximate surface area is 119 Å². The van der Waals surface area contributed by atoms with E-state index in [1.165, 1.54) is 0 Å². The summed E-state index contributed by atoms with van der Waals surface area (Å²) in [5, 5.41) is 0. The van der Waals surface area contributed by atoms with E-state index < -0.39 is 0 Å². The van der Waals surface area contributed by atoms with E-state index in [0.29, 0.717) is 5.57 Å². The number of esters is 1. The van der Waals surface area contributed by atoms with Gasteiger partial charge in [0.05, 0.1) is 11.7 Å². The number of rotatable bonds is 4. The number of hydrogen-bond donors (Lipinski definition) is 0. The average Bonchev–Trinajstić information content (AvgIpc) is 2.46. The summed E-state index contributed by atoms with van der Waals surface area (Å²) in [5.74, 6) is -0.296. The maximum atomic E-state index is 12.3. The Morgan fingerprint density at radius 3 is 2.05 bits per heavy atom. The zero-order chi connectivity index (χ0) is 14.4. The molecule has 0 aliphatic heterocycles. The third-order valence-corrected chi connectivity index (χ3v) is 2.76. The van der Waals surface area contributed by atoms with Crippen molar-refractivity contribution in [1.82, 2.24) is 0 Å². The lowest BCUT2D eigenvalue weighted by Crippen LogP contribution is -2.13. The van der Waals surface area contributed by atoms with Gasteiger partial charge < -0.3 is 4.74 Å². The van der Waals surface area contributed by atoms with Gasteiger partial charge in [-0.25, -0.2) is 4.79 Å². The van der Waals surface area contributed by atoms with Crippen molar-refractivity contribution in [2.24, 2.45) is 0 Å². The Balaban J connectivity index is 2.40. The molecule has 2 nitrogen and oxygen atoms in total. The molecule has 0 radical (unpaired) electrons. The van der Waals surface area contributed by atoms with Crippen LogP contribution in [0.3, 0.4) is 0 Å². The Bertz CT molecular complexity index is 583. The van der Waals surface area contributed by atoms with Gasteiger partial charge in [0.25, 0.3) is 0 Å². The van der Waals surface area contributed by atoms with Crippen LogP contribution in [0.15, 0.2) is 60.7 Å². The van der Waals surface area contributed by atoms with Crippen LogP contribution >= 0.6 is 0 Å². The maximum Gasteiger partial charge on any atom is 0.339 e. The average molecular weight is 266 g/mol. The van der Waals surface area contributed by atoms with Crippen LogP contribution in [0.2, 0.25) is 0 Å². The van der Waals surface area contributed by atoms with E-state index in [2.05, 4.69) is 0 Å². The number of carbonyl (C=O) groups is 1. The molecule has 2 rings (SSSR count). The molecular formula is C18H18O2. The molecule has 102 valence electrons. The summed E-state index contributed by atoms with van der Waals surface area (Å²) in [5.41, 5.74) is 2.42. The Morgan fingerprint density at radius 1 is 0.950 bits per heavy atom. The second-order valence-corrected chi connectivity index (χ2v) is 4.79.